The first-order chi connectivity index (χ1) is 8.06. The van der Waals surface area contributed by atoms with E-state index in [0.29, 0.717) is 17.9 Å². The number of hydrogen-bond donors (Lipinski definition) is 2. The predicted molar refractivity (Wildman–Crippen MR) is 68.8 cm³/mol. The van der Waals surface area contributed by atoms with E-state index < -0.39 is 0 Å². The number of nitrogens with zero attached hydrogens (tertiary/aromatic N) is 2. The van der Waals surface area contributed by atoms with Crippen LogP contribution in [0.5, 0.6) is 0 Å². The Labute approximate surface area is 102 Å². The molecule has 1 amide bonds. The summed E-state index contributed by atoms with van der Waals surface area (Å²) in [4.78, 5) is 14.1. The smallest absolute Gasteiger partial charge is 0.276 e. The van der Waals surface area contributed by atoms with Gasteiger partial charge in [0, 0.05) is 12.6 Å². The first-order valence-corrected chi connectivity index (χ1v) is 6.20. The zero-order valence-electron chi connectivity index (χ0n) is 11.1. The number of nitrogens with two attached hydrogens (primary N) is 1. The Morgan fingerprint density at radius 3 is 2.53 bits per heavy atom. The van der Waals surface area contributed by atoms with Gasteiger partial charge in [-0.1, -0.05) is 13.8 Å². The van der Waals surface area contributed by atoms with Gasteiger partial charge >= 0.3 is 0 Å². The molecule has 0 fully saturated rings. The zero-order valence-corrected chi connectivity index (χ0v) is 11.1. The predicted octanol–water partition coefficient (Wildman–Crippen LogP) is 1.81. The van der Waals surface area contributed by atoms with Crippen molar-refractivity contribution in [3.8, 4) is 0 Å². The van der Waals surface area contributed by atoms with E-state index in [9.17, 15) is 4.79 Å². The standard InChI is InChI=1S/C12H22N4O/c1-5-8(4)16(7-3)12(17)11-10(13)9(6-2)14-15-11/h8H,5-7,13H2,1-4H3,(H,14,15). The fourth-order valence-electron chi connectivity index (χ4n) is 1.83. The third kappa shape index (κ3) is 2.60. The van der Waals surface area contributed by atoms with Crippen LogP contribution in [0.1, 0.15) is 50.3 Å². The molecule has 1 heterocycles. The molecule has 0 aliphatic carbocycles. The number of anilines is 1. The average molecular weight is 238 g/mol. The van der Waals surface area contributed by atoms with Crippen molar-refractivity contribution < 1.29 is 4.79 Å². The number of amides is 1. The summed E-state index contributed by atoms with van der Waals surface area (Å²) < 4.78 is 0. The highest BCUT2D eigenvalue weighted by Gasteiger charge is 2.24. The van der Waals surface area contributed by atoms with Crippen LogP contribution in [-0.2, 0) is 6.42 Å². The largest absolute Gasteiger partial charge is 0.395 e. The van der Waals surface area contributed by atoms with Crippen molar-refractivity contribution in [2.45, 2.75) is 46.6 Å². The minimum absolute atomic E-state index is 0.0877. The van der Waals surface area contributed by atoms with Crippen molar-refractivity contribution in [1.82, 2.24) is 15.1 Å². The molecular formula is C12H22N4O. The number of carbonyl (C=O) groups excluding carboxylic acids is 1. The van der Waals surface area contributed by atoms with Crippen LogP contribution in [0.15, 0.2) is 0 Å². The lowest BCUT2D eigenvalue weighted by molar-refractivity contribution is 0.0695. The van der Waals surface area contributed by atoms with Gasteiger partial charge in [-0.3, -0.25) is 9.89 Å². The van der Waals surface area contributed by atoms with Crippen LogP contribution < -0.4 is 5.73 Å². The summed E-state index contributed by atoms with van der Waals surface area (Å²) >= 11 is 0. The van der Waals surface area contributed by atoms with Crippen LogP contribution in [0.2, 0.25) is 0 Å². The van der Waals surface area contributed by atoms with Crippen molar-refractivity contribution >= 4 is 11.6 Å². The molecule has 5 nitrogen and oxygen atoms in total. The number of aromatic amines is 1. The molecular weight excluding hydrogens is 216 g/mol. The first-order valence-electron chi connectivity index (χ1n) is 6.20. The van der Waals surface area contributed by atoms with E-state index >= 15 is 0 Å². The van der Waals surface area contributed by atoms with Gasteiger partial charge in [-0.2, -0.15) is 5.10 Å². The van der Waals surface area contributed by atoms with E-state index in [1.54, 1.807) is 4.90 Å². The Bertz CT molecular complexity index is 386. The van der Waals surface area contributed by atoms with Gasteiger partial charge in [0.15, 0.2) is 5.69 Å². The summed E-state index contributed by atoms with van der Waals surface area (Å²) in [5.41, 5.74) is 7.57. The van der Waals surface area contributed by atoms with Gasteiger partial charge in [0.1, 0.15) is 0 Å². The summed E-state index contributed by atoms with van der Waals surface area (Å²) in [6, 6.07) is 0.202. The zero-order chi connectivity index (χ0) is 13.0. The van der Waals surface area contributed by atoms with Crippen LogP contribution >= 0.6 is 0 Å². The molecule has 0 aromatic carbocycles. The second kappa shape index (κ2) is 5.70. The van der Waals surface area contributed by atoms with E-state index in [0.717, 1.165) is 18.5 Å². The Kier molecular flexibility index (Phi) is 4.54. The SMILES string of the molecule is CCc1[nH]nc(C(=O)N(CC)C(C)CC)c1N. The molecule has 17 heavy (non-hydrogen) atoms. The van der Waals surface area contributed by atoms with Crippen molar-refractivity contribution in [3.63, 3.8) is 0 Å². The maximum absolute atomic E-state index is 12.3. The highest BCUT2D eigenvalue weighted by atomic mass is 16.2. The number of aryl methyl sites for hydroxylation is 1. The second-order valence-corrected chi connectivity index (χ2v) is 4.17. The van der Waals surface area contributed by atoms with Gasteiger partial charge in [-0.05, 0) is 26.7 Å². The maximum Gasteiger partial charge on any atom is 0.276 e. The Morgan fingerprint density at radius 1 is 1.47 bits per heavy atom. The molecule has 5 heteroatoms. The van der Waals surface area contributed by atoms with E-state index in [1.165, 1.54) is 0 Å². The van der Waals surface area contributed by atoms with Gasteiger partial charge in [-0.25, -0.2) is 0 Å². The van der Waals surface area contributed by atoms with Crippen molar-refractivity contribution in [3.05, 3.63) is 11.4 Å². The summed E-state index contributed by atoms with van der Waals surface area (Å²) in [5.74, 6) is -0.0877. The van der Waals surface area contributed by atoms with Crippen molar-refractivity contribution in [2.75, 3.05) is 12.3 Å². The quantitative estimate of drug-likeness (QED) is 0.821. The number of carbonyl (C=O) groups is 1. The molecule has 0 aliphatic rings. The Balaban J connectivity index is 2.98. The molecule has 0 aliphatic heterocycles. The van der Waals surface area contributed by atoms with Gasteiger partial charge in [0.2, 0.25) is 0 Å². The number of nitrogen functional groups attached to an aromatic ring is 1. The van der Waals surface area contributed by atoms with E-state index in [-0.39, 0.29) is 11.9 Å². The van der Waals surface area contributed by atoms with E-state index in [2.05, 4.69) is 17.1 Å². The summed E-state index contributed by atoms with van der Waals surface area (Å²) in [6.07, 6.45) is 1.67. The molecule has 0 saturated heterocycles. The molecule has 0 radical (unpaired) electrons. The topological polar surface area (TPSA) is 75.0 Å². The van der Waals surface area contributed by atoms with Gasteiger partial charge < -0.3 is 10.6 Å². The Hall–Kier alpha value is -1.52. The highest BCUT2D eigenvalue weighted by molar-refractivity contribution is 5.97. The third-order valence-corrected chi connectivity index (χ3v) is 3.16. The summed E-state index contributed by atoms with van der Waals surface area (Å²) in [6.45, 7) is 8.70. The molecule has 1 aromatic rings. The average Bonchev–Trinajstić information content (AvgIpc) is 2.70. The van der Waals surface area contributed by atoms with Crippen LogP contribution in [0.4, 0.5) is 5.69 Å². The maximum atomic E-state index is 12.3. The molecule has 96 valence electrons. The normalized spacial score (nSPS) is 12.5. The summed E-state index contributed by atoms with van der Waals surface area (Å²) in [7, 11) is 0. The van der Waals surface area contributed by atoms with Crippen molar-refractivity contribution in [2.24, 2.45) is 0 Å². The fourth-order valence-corrected chi connectivity index (χ4v) is 1.83. The lowest BCUT2D eigenvalue weighted by Gasteiger charge is -2.26. The number of H-pyrrole nitrogens is 1. The minimum Gasteiger partial charge on any atom is -0.395 e. The molecule has 1 aromatic heterocycles. The molecule has 0 spiro atoms. The van der Waals surface area contributed by atoms with Crippen LogP contribution in [0, 0.1) is 0 Å². The van der Waals surface area contributed by atoms with Crippen LogP contribution in [0.25, 0.3) is 0 Å². The van der Waals surface area contributed by atoms with Crippen LogP contribution in [-0.4, -0.2) is 33.6 Å². The highest BCUT2D eigenvalue weighted by Crippen LogP contribution is 2.18. The molecule has 1 unspecified atom stereocenters. The number of aromatic nitrogens is 2. The third-order valence-electron chi connectivity index (χ3n) is 3.16. The first kappa shape index (κ1) is 13.5. The van der Waals surface area contributed by atoms with Crippen molar-refractivity contribution in [1.29, 1.82) is 0 Å². The lowest BCUT2D eigenvalue weighted by atomic mass is 10.2. The number of hydrogen-bond acceptors (Lipinski definition) is 3. The van der Waals surface area contributed by atoms with E-state index in [4.69, 9.17) is 5.73 Å². The van der Waals surface area contributed by atoms with Gasteiger partial charge in [-0.15, -0.1) is 0 Å². The van der Waals surface area contributed by atoms with Crippen LogP contribution in [0.3, 0.4) is 0 Å². The monoisotopic (exact) mass is 238 g/mol. The Morgan fingerprint density at radius 2 is 2.12 bits per heavy atom. The fraction of sp³-hybridized carbons (Fsp3) is 0.667. The number of rotatable bonds is 5. The molecule has 3 N–H and O–H groups in total. The van der Waals surface area contributed by atoms with Gasteiger partial charge in [0.25, 0.3) is 5.91 Å². The summed E-state index contributed by atoms with van der Waals surface area (Å²) in [5, 5.41) is 6.85. The molecule has 1 rings (SSSR count). The number of nitrogens with one attached hydrogen (secondary N) is 1. The second-order valence-electron chi connectivity index (χ2n) is 4.17. The molecule has 0 bridgehead atoms. The minimum atomic E-state index is -0.0877. The molecule has 1 atom stereocenters. The lowest BCUT2D eigenvalue weighted by Crippen LogP contribution is -2.38. The van der Waals surface area contributed by atoms with E-state index in [1.807, 2.05) is 20.8 Å². The van der Waals surface area contributed by atoms with Gasteiger partial charge in [0.05, 0.1) is 11.4 Å². The molecule has 0 saturated carbocycles.